The van der Waals surface area contributed by atoms with Gasteiger partial charge in [0, 0.05) is 6.54 Å². The van der Waals surface area contributed by atoms with Gasteiger partial charge in [-0.1, -0.05) is 60.6 Å². The quantitative estimate of drug-likeness (QED) is 0.770. The summed E-state index contributed by atoms with van der Waals surface area (Å²) >= 11 is 0. The predicted octanol–water partition coefficient (Wildman–Crippen LogP) is 4.66. The second-order valence-electron chi connectivity index (χ2n) is 7.81. The molecule has 0 spiro atoms. The lowest BCUT2D eigenvalue weighted by Gasteiger charge is -2.27. The van der Waals surface area contributed by atoms with Gasteiger partial charge in [-0.15, -0.1) is 0 Å². The van der Waals surface area contributed by atoms with Gasteiger partial charge in [0.25, 0.3) is 0 Å². The van der Waals surface area contributed by atoms with Crippen molar-refractivity contribution in [3.63, 3.8) is 0 Å². The first-order chi connectivity index (χ1) is 9.66. The van der Waals surface area contributed by atoms with Crippen molar-refractivity contribution < 1.29 is 4.74 Å². The lowest BCUT2D eigenvalue weighted by Crippen LogP contribution is -2.23. The Bertz CT molecular complexity index is 438. The van der Waals surface area contributed by atoms with Crippen LogP contribution in [0.25, 0.3) is 0 Å². The summed E-state index contributed by atoms with van der Waals surface area (Å²) in [4.78, 5) is 0. The van der Waals surface area contributed by atoms with E-state index in [1.165, 1.54) is 11.1 Å². The summed E-state index contributed by atoms with van der Waals surface area (Å²) in [6.45, 7) is 18.4. The van der Waals surface area contributed by atoms with Crippen molar-refractivity contribution in [2.24, 2.45) is 0 Å². The number of hydrogen-bond donors (Lipinski definition) is 1. The minimum atomic E-state index is 0.0907. The SMILES string of the molecule is CCCNCCOc1ccc(C(C)(C)C)cc1C(C)(C)C. The molecule has 1 N–H and O–H groups in total. The highest BCUT2D eigenvalue weighted by Crippen LogP contribution is 2.35. The van der Waals surface area contributed by atoms with E-state index >= 15 is 0 Å². The summed E-state index contributed by atoms with van der Waals surface area (Å²) in [5, 5.41) is 3.37. The molecule has 0 fully saturated rings. The van der Waals surface area contributed by atoms with Crippen molar-refractivity contribution >= 4 is 0 Å². The molecule has 0 heterocycles. The molecule has 0 saturated heterocycles. The van der Waals surface area contributed by atoms with E-state index in [1.807, 2.05) is 0 Å². The number of ether oxygens (including phenoxy) is 1. The van der Waals surface area contributed by atoms with Crippen LogP contribution >= 0.6 is 0 Å². The maximum atomic E-state index is 6.02. The molecule has 2 heteroatoms. The van der Waals surface area contributed by atoms with Crippen LogP contribution in [0.2, 0.25) is 0 Å². The normalized spacial score (nSPS) is 12.5. The molecule has 2 nitrogen and oxygen atoms in total. The zero-order valence-electron chi connectivity index (χ0n) is 15.0. The molecule has 0 atom stereocenters. The summed E-state index contributed by atoms with van der Waals surface area (Å²) in [5.41, 5.74) is 2.92. The van der Waals surface area contributed by atoms with Gasteiger partial charge in [-0.25, -0.2) is 0 Å². The third kappa shape index (κ3) is 5.70. The molecule has 0 amide bonds. The van der Waals surface area contributed by atoms with Crippen LogP contribution in [-0.4, -0.2) is 19.7 Å². The van der Waals surface area contributed by atoms with Gasteiger partial charge in [0.05, 0.1) is 0 Å². The van der Waals surface area contributed by atoms with Crippen LogP contribution in [0.4, 0.5) is 0 Å². The molecular weight excluding hydrogens is 258 g/mol. The third-order valence-electron chi connectivity index (χ3n) is 3.62. The first-order valence-corrected chi connectivity index (χ1v) is 8.15. The Morgan fingerprint density at radius 1 is 0.952 bits per heavy atom. The molecule has 0 aromatic heterocycles. The molecule has 120 valence electrons. The highest BCUT2D eigenvalue weighted by atomic mass is 16.5. The van der Waals surface area contributed by atoms with Gasteiger partial charge >= 0.3 is 0 Å². The van der Waals surface area contributed by atoms with Crippen molar-refractivity contribution in [3.8, 4) is 5.75 Å². The Balaban J connectivity index is 2.88. The van der Waals surface area contributed by atoms with E-state index in [-0.39, 0.29) is 10.8 Å². The lowest BCUT2D eigenvalue weighted by atomic mass is 9.80. The topological polar surface area (TPSA) is 21.3 Å². The second-order valence-corrected chi connectivity index (χ2v) is 7.81. The maximum Gasteiger partial charge on any atom is 0.123 e. The van der Waals surface area contributed by atoms with Gasteiger partial charge in [0.1, 0.15) is 12.4 Å². The molecule has 0 radical (unpaired) electrons. The Hall–Kier alpha value is -1.02. The van der Waals surface area contributed by atoms with E-state index in [0.29, 0.717) is 0 Å². The van der Waals surface area contributed by atoms with Crippen molar-refractivity contribution in [2.75, 3.05) is 19.7 Å². The first kappa shape index (κ1) is 18.0. The monoisotopic (exact) mass is 291 g/mol. The molecule has 0 aliphatic heterocycles. The Morgan fingerprint density at radius 3 is 2.14 bits per heavy atom. The molecule has 0 aliphatic carbocycles. The molecule has 0 aliphatic rings. The number of benzene rings is 1. The third-order valence-corrected chi connectivity index (χ3v) is 3.62. The van der Waals surface area contributed by atoms with Crippen LogP contribution in [0.1, 0.15) is 66.0 Å². The summed E-state index contributed by atoms with van der Waals surface area (Å²) < 4.78 is 6.02. The smallest absolute Gasteiger partial charge is 0.123 e. The van der Waals surface area contributed by atoms with Gasteiger partial charge < -0.3 is 10.1 Å². The Labute approximate surface area is 131 Å². The van der Waals surface area contributed by atoms with Crippen LogP contribution < -0.4 is 10.1 Å². The zero-order chi connectivity index (χ0) is 16.1. The van der Waals surface area contributed by atoms with Crippen LogP contribution in [0.5, 0.6) is 5.75 Å². The molecule has 0 unspecified atom stereocenters. The van der Waals surface area contributed by atoms with E-state index < -0.39 is 0 Å². The maximum absolute atomic E-state index is 6.02. The fraction of sp³-hybridized carbons (Fsp3) is 0.684. The number of hydrogen-bond acceptors (Lipinski definition) is 2. The lowest BCUT2D eigenvalue weighted by molar-refractivity contribution is 0.305. The molecule has 0 saturated carbocycles. The fourth-order valence-electron chi connectivity index (χ4n) is 2.24. The van der Waals surface area contributed by atoms with Gasteiger partial charge in [0.15, 0.2) is 0 Å². The van der Waals surface area contributed by atoms with Crippen LogP contribution in [0.3, 0.4) is 0 Å². The van der Waals surface area contributed by atoms with Crippen LogP contribution in [-0.2, 0) is 10.8 Å². The average Bonchev–Trinajstić information content (AvgIpc) is 2.36. The first-order valence-electron chi connectivity index (χ1n) is 8.15. The number of rotatable bonds is 6. The highest BCUT2D eigenvalue weighted by Gasteiger charge is 2.22. The second kappa shape index (κ2) is 7.31. The van der Waals surface area contributed by atoms with E-state index in [4.69, 9.17) is 4.74 Å². The largest absolute Gasteiger partial charge is 0.492 e. The van der Waals surface area contributed by atoms with Crippen LogP contribution in [0.15, 0.2) is 18.2 Å². The molecular formula is C19H33NO. The summed E-state index contributed by atoms with van der Waals surface area (Å²) in [7, 11) is 0. The summed E-state index contributed by atoms with van der Waals surface area (Å²) in [6, 6.07) is 6.65. The van der Waals surface area contributed by atoms with Crippen molar-refractivity contribution in [1.29, 1.82) is 0 Å². The van der Waals surface area contributed by atoms with E-state index in [1.54, 1.807) is 0 Å². The minimum absolute atomic E-state index is 0.0907. The van der Waals surface area contributed by atoms with Gasteiger partial charge in [-0.3, -0.25) is 0 Å². The summed E-state index contributed by atoms with van der Waals surface area (Å²) in [5.74, 6) is 1.02. The standard InChI is InChI=1S/C19H33NO/c1-8-11-20-12-13-21-17-10-9-15(18(2,3)4)14-16(17)19(5,6)7/h9-10,14,20H,8,11-13H2,1-7H3. The van der Waals surface area contributed by atoms with Gasteiger partial charge in [0.2, 0.25) is 0 Å². The number of nitrogens with one attached hydrogen (secondary N) is 1. The predicted molar refractivity (Wildman–Crippen MR) is 92.5 cm³/mol. The Kier molecular flexibility index (Phi) is 6.27. The van der Waals surface area contributed by atoms with Crippen molar-refractivity contribution in [3.05, 3.63) is 29.3 Å². The van der Waals surface area contributed by atoms with Crippen LogP contribution in [0, 0.1) is 0 Å². The molecule has 1 rings (SSSR count). The Morgan fingerprint density at radius 2 is 1.62 bits per heavy atom. The van der Waals surface area contributed by atoms with Crippen molar-refractivity contribution in [1.82, 2.24) is 5.32 Å². The molecule has 1 aromatic carbocycles. The van der Waals surface area contributed by atoms with Gasteiger partial charge in [-0.05, 0) is 41.0 Å². The van der Waals surface area contributed by atoms with E-state index in [9.17, 15) is 0 Å². The minimum Gasteiger partial charge on any atom is -0.492 e. The molecule has 21 heavy (non-hydrogen) atoms. The van der Waals surface area contributed by atoms with E-state index in [2.05, 4.69) is 72.0 Å². The van der Waals surface area contributed by atoms with Gasteiger partial charge in [-0.2, -0.15) is 0 Å². The summed E-state index contributed by atoms with van der Waals surface area (Å²) in [6.07, 6.45) is 1.16. The molecule has 0 bridgehead atoms. The van der Waals surface area contributed by atoms with Crippen molar-refractivity contribution in [2.45, 2.75) is 65.7 Å². The van der Waals surface area contributed by atoms with E-state index in [0.717, 1.165) is 31.9 Å². The molecule has 1 aromatic rings. The highest BCUT2D eigenvalue weighted by molar-refractivity contribution is 5.43. The zero-order valence-corrected chi connectivity index (χ0v) is 15.0. The fourth-order valence-corrected chi connectivity index (χ4v) is 2.24. The average molecular weight is 291 g/mol.